The average molecular weight is 391 g/mol. The molecule has 0 spiro atoms. The Balaban J connectivity index is 1.78. The lowest BCUT2D eigenvalue weighted by atomic mass is 10.1. The first-order chi connectivity index (χ1) is 14.0. The molecule has 0 radical (unpaired) electrons. The minimum atomic E-state index is -0.308. The van der Waals surface area contributed by atoms with Crippen molar-refractivity contribution in [3.63, 3.8) is 0 Å². The second kappa shape index (κ2) is 8.88. The standard InChI is InChI=1S/C22H21N3O4/c1-14-11-21(27)25-22(23-14)16-5-4-6-17(12-16)24-20(26)10-7-15-13-18(28-2)8-9-19(15)29-3/h4-13H,1-3H3,(H,24,26)(H,23,25,27)/b10-7+. The van der Waals surface area contributed by atoms with E-state index in [1.807, 2.05) is 6.07 Å². The molecule has 0 fully saturated rings. The average Bonchev–Trinajstić information content (AvgIpc) is 2.71. The third kappa shape index (κ3) is 5.10. The molecule has 148 valence electrons. The fourth-order valence-electron chi connectivity index (χ4n) is 2.78. The number of carbonyl (C=O) groups excluding carboxylic acids is 1. The number of benzene rings is 2. The van der Waals surface area contributed by atoms with E-state index in [1.165, 1.54) is 12.1 Å². The lowest BCUT2D eigenvalue weighted by molar-refractivity contribution is -0.111. The largest absolute Gasteiger partial charge is 0.497 e. The fraction of sp³-hybridized carbons (Fsp3) is 0.136. The summed E-state index contributed by atoms with van der Waals surface area (Å²) < 4.78 is 10.5. The Labute approximate surface area is 168 Å². The van der Waals surface area contributed by atoms with E-state index in [4.69, 9.17) is 9.47 Å². The summed E-state index contributed by atoms with van der Waals surface area (Å²) in [5.74, 6) is 1.44. The van der Waals surface area contributed by atoms with Gasteiger partial charge in [-0.2, -0.15) is 0 Å². The van der Waals surface area contributed by atoms with Gasteiger partial charge in [0, 0.05) is 34.7 Å². The van der Waals surface area contributed by atoms with Crippen LogP contribution in [0.4, 0.5) is 5.69 Å². The Morgan fingerprint density at radius 3 is 2.66 bits per heavy atom. The molecule has 2 N–H and O–H groups in total. The number of nitrogens with zero attached hydrogens (tertiary/aromatic N) is 1. The van der Waals surface area contributed by atoms with Crippen molar-refractivity contribution in [1.82, 2.24) is 9.97 Å². The van der Waals surface area contributed by atoms with Crippen molar-refractivity contribution in [3.8, 4) is 22.9 Å². The van der Waals surface area contributed by atoms with Crippen molar-refractivity contribution in [3.05, 3.63) is 76.2 Å². The predicted molar refractivity (Wildman–Crippen MR) is 112 cm³/mol. The lowest BCUT2D eigenvalue weighted by Gasteiger charge is -2.08. The number of methoxy groups -OCH3 is 2. The zero-order valence-electron chi connectivity index (χ0n) is 16.4. The monoisotopic (exact) mass is 391 g/mol. The molecule has 0 saturated carbocycles. The Morgan fingerprint density at radius 1 is 1.10 bits per heavy atom. The van der Waals surface area contributed by atoms with E-state index in [2.05, 4.69) is 15.3 Å². The first kappa shape index (κ1) is 19.9. The smallest absolute Gasteiger partial charge is 0.251 e. The molecular formula is C22H21N3O4. The molecule has 0 bridgehead atoms. The van der Waals surface area contributed by atoms with Crippen LogP contribution in [0.1, 0.15) is 11.3 Å². The van der Waals surface area contributed by atoms with Crippen molar-refractivity contribution in [2.24, 2.45) is 0 Å². The maximum atomic E-state index is 12.4. The molecule has 1 heterocycles. The molecule has 0 saturated heterocycles. The first-order valence-corrected chi connectivity index (χ1v) is 8.88. The lowest BCUT2D eigenvalue weighted by Crippen LogP contribution is -2.10. The van der Waals surface area contributed by atoms with Crippen molar-refractivity contribution in [2.45, 2.75) is 6.92 Å². The van der Waals surface area contributed by atoms with Gasteiger partial charge in [0.1, 0.15) is 17.3 Å². The number of nitrogens with one attached hydrogen (secondary N) is 2. The molecule has 3 aromatic rings. The van der Waals surface area contributed by atoms with E-state index >= 15 is 0 Å². The summed E-state index contributed by atoms with van der Waals surface area (Å²) in [5, 5.41) is 2.80. The zero-order valence-corrected chi connectivity index (χ0v) is 16.4. The van der Waals surface area contributed by atoms with E-state index < -0.39 is 0 Å². The van der Waals surface area contributed by atoms with Crippen molar-refractivity contribution in [2.75, 3.05) is 19.5 Å². The minimum absolute atomic E-state index is 0.225. The van der Waals surface area contributed by atoms with Gasteiger partial charge in [-0.3, -0.25) is 9.59 Å². The highest BCUT2D eigenvalue weighted by Crippen LogP contribution is 2.25. The normalized spacial score (nSPS) is 10.7. The van der Waals surface area contributed by atoms with Gasteiger partial charge in [0.15, 0.2) is 0 Å². The van der Waals surface area contributed by atoms with Crippen molar-refractivity contribution in [1.29, 1.82) is 0 Å². The number of H-pyrrole nitrogens is 1. The molecule has 7 heteroatoms. The third-order valence-corrected chi connectivity index (χ3v) is 4.12. The number of aromatic amines is 1. The molecular weight excluding hydrogens is 370 g/mol. The Hall–Kier alpha value is -3.87. The number of ether oxygens (including phenoxy) is 2. The number of aromatic nitrogens is 2. The molecule has 0 aliphatic carbocycles. The molecule has 0 aliphatic heterocycles. The minimum Gasteiger partial charge on any atom is -0.497 e. The van der Waals surface area contributed by atoms with Gasteiger partial charge in [0.05, 0.1) is 14.2 Å². The number of rotatable bonds is 6. The second-order valence-electron chi connectivity index (χ2n) is 6.25. The van der Waals surface area contributed by atoms with Gasteiger partial charge >= 0.3 is 0 Å². The quantitative estimate of drug-likeness (QED) is 0.628. The fourth-order valence-corrected chi connectivity index (χ4v) is 2.78. The van der Waals surface area contributed by atoms with Crippen LogP contribution in [0.3, 0.4) is 0 Å². The number of hydrogen-bond donors (Lipinski definition) is 2. The molecule has 29 heavy (non-hydrogen) atoms. The van der Waals surface area contributed by atoms with Crippen LogP contribution in [0.5, 0.6) is 11.5 Å². The van der Waals surface area contributed by atoms with Crippen LogP contribution in [0, 0.1) is 6.92 Å². The molecule has 3 rings (SSSR count). The van der Waals surface area contributed by atoms with Gasteiger partial charge < -0.3 is 19.8 Å². The number of anilines is 1. The van der Waals surface area contributed by atoms with Crippen LogP contribution >= 0.6 is 0 Å². The van der Waals surface area contributed by atoms with Crippen LogP contribution in [0.2, 0.25) is 0 Å². The highest BCUT2D eigenvalue weighted by molar-refractivity contribution is 6.02. The van der Waals surface area contributed by atoms with Crippen LogP contribution < -0.4 is 20.3 Å². The van der Waals surface area contributed by atoms with E-state index in [-0.39, 0.29) is 11.5 Å². The summed E-state index contributed by atoms with van der Waals surface area (Å²) >= 11 is 0. The molecule has 2 aromatic carbocycles. The Bertz CT molecular complexity index is 1120. The van der Waals surface area contributed by atoms with E-state index in [0.717, 1.165) is 5.56 Å². The summed E-state index contributed by atoms with van der Waals surface area (Å²) in [7, 11) is 3.14. The van der Waals surface area contributed by atoms with Crippen LogP contribution in [0.25, 0.3) is 17.5 Å². The van der Waals surface area contributed by atoms with Gasteiger partial charge in [-0.05, 0) is 43.3 Å². The second-order valence-corrected chi connectivity index (χ2v) is 6.25. The molecule has 7 nitrogen and oxygen atoms in total. The summed E-state index contributed by atoms with van der Waals surface area (Å²) in [6, 6.07) is 13.9. The SMILES string of the molecule is COc1ccc(OC)c(/C=C/C(=O)Nc2cccc(-c3nc(C)cc(=O)[nH]3)c2)c1. The first-order valence-electron chi connectivity index (χ1n) is 8.88. The maximum Gasteiger partial charge on any atom is 0.251 e. The summed E-state index contributed by atoms with van der Waals surface area (Å²) in [4.78, 5) is 31.0. The number of carbonyl (C=O) groups is 1. The number of hydrogen-bond acceptors (Lipinski definition) is 5. The summed E-state index contributed by atoms with van der Waals surface area (Å²) in [6.07, 6.45) is 3.07. The number of aryl methyl sites for hydroxylation is 1. The highest BCUT2D eigenvalue weighted by atomic mass is 16.5. The van der Waals surface area contributed by atoms with Gasteiger partial charge in [-0.1, -0.05) is 12.1 Å². The number of amides is 1. The van der Waals surface area contributed by atoms with Gasteiger partial charge in [0.25, 0.3) is 5.56 Å². The van der Waals surface area contributed by atoms with Gasteiger partial charge in [-0.15, -0.1) is 0 Å². The van der Waals surface area contributed by atoms with Gasteiger partial charge in [0.2, 0.25) is 5.91 Å². The Morgan fingerprint density at radius 2 is 1.93 bits per heavy atom. The topological polar surface area (TPSA) is 93.3 Å². The predicted octanol–water partition coefficient (Wildman–Crippen LogP) is 3.41. The molecule has 0 unspecified atom stereocenters. The van der Waals surface area contributed by atoms with Crippen LogP contribution in [-0.2, 0) is 4.79 Å². The van der Waals surface area contributed by atoms with Crippen LogP contribution in [0.15, 0.2) is 59.4 Å². The summed E-state index contributed by atoms with van der Waals surface area (Å²) in [5.41, 5.74) is 2.39. The van der Waals surface area contributed by atoms with Crippen LogP contribution in [-0.4, -0.2) is 30.1 Å². The van der Waals surface area contributed by atoms with E-state index in [9.17, 15) is 9.59 Å². The third-order valence-electron chi connectivity index (χ3n) is 4.12. The van der Waals surface area contributed by atoms with Crippen molar-refractivity contribution < 1.29 is 14.3 Å². The summed E-state index contributed by atoms with van der Waals surface area (Å²) in [6.45, 7) is 1.75. The molecule has 1 amide bonds. The van der Waals surface area contributed by atoms with Gasteiger partial charge in [-0.25, -0.2) is 4.98 Å². The maximum absolute atomic E-state index is 12.4. The zero-order chi connectivity index (χ0) is 20.8. The molecule has 1 aromatic heterocycles. The molecule has 0 aliphatic rings. The van der Waals surface area contributed by atoms with E-state index in [1.54, 1.807) is 63.6 Å². The molecule has 0 atom stereocenters. The Kier molecular flexibility index (Phi) is 6.09. The highest BCUT2D eigenvalue weighted by Gasteiger charge is 2.06. The van der Waals surface area contributed by atoms with E-state index in [0.29, 0.717) is 34.3 Å². The van der Waals surface area contributed by atoms with Crippen molar-refractivity contribution >= 4 is 17.7 Å².